The molecule has 1 fully saturated rings. The first-order valence-corrected chi connectivity index (χ1v) is 5.66. The zero-order valence-corrected chi connectivity index (χ0v) is 8.81. The molecule has 0 unspecified atom stereocenters. The Morgan fingerprint density at radius 1 is 1.21 bits per heavy atom. The Morgan fingerprint density at radius 2 is 1.86 bits per heavy atom. The molecule has 5 nitrogen and oxygen atoms in total. The predicted octanol–water partition coefficient (Wildman–Crippen LogP) is -1.89. The molecule has 1 heterocycles. The summed E-state index contributed by atoms with van der Waals surface area (Å²) < 4.78 is 0. The molecule has 6 heteroatoms. The molecule has 0 saturated carbocycles. The Labute approximate surface area is 87.1 Å². The minimum Gasteiger partial charge on any atom is -0.391 e. The molecule has 0 aliphatic carbocycles. The van der Waals surface area contributed by atoms with Crippen LogP contribution in [0.4, 0.5) is 0 Å². The summed E-state index contributed by atoms with van der Waals surface area (Å²) in [4.78, 5) is 0. The van der Waals surface area contributed by atoms with Gasteiger partial charge in [-0.15, -0.1) is 11.8 Å². The zero-order valence-electron chi connectivity index (χ0n) is 8.00. The van der Waals surface area contributed by atoms with Crippen LogP contribution in [0, 0.1) is 0 Å². The van der Waals surface area contributed by atoms with Crippen LogP contribution in [0.5, 0.6) is 0 Å². The van der Waals surface area contributed by atoms with Gasteiger partial charge in [0.25, 0.3) is 0 Å². The fourth-order valence-corrected chi connectivity index (χ4v) is 2.42. The zero-order chi connectivity index (χ0) is 10.7. The minimum atomic E-state index is -1.32. The molecule has 1 aliphatic heterocycles. The van der Waals surface area contributed by atoms with E-state index in [1.54, 1.807) is 0 Å². The quantitative estimate of drug-likeness (QED) is 0.383. The lowest BCUT2D eigenvalue weighted by Gasteiger charge is -2.27. The Balaban J connectivity index is 2.45. The van der Waals surface area contributed by atoms with Crippen LogP contribution in [-0.2, 0) is 0 Å². The molecule has 1 rings (SSSR count). The van der Waals surface area contributed by atoms with Crippen molar-refractivity contribution in [3.63, 3.8) is 0 Å². The standard InChI is InChI=1S/C8H17NO4S/c1-4(10)5(11)6(12)7(13)8-9-2-3-14-8/h4-13H,2-3H2,1H3/t4-,5-,6-,7-,8-/m0/s1. The average Bonchev–Trinajstić information content (AvgIpc) is 2.67. The van der Waals surface area contributed by atoms with Crippen molar-refractivity contribution in [3.8, 4) is 0 Å². The first kappa shape index (κ1) is 12.2. The smallest absolute Gasteiger partial charge is 0.111 e. The highest BCUT2D eigenvalue weighted by atomic mass is 32.2. The van der Waals surface area contributed by atoms with Crippen molar-refractivity contribution in [3.05, 3.63) is 0 Å². The van der Waals surface area contributed by atoms with Crippen LogP contribution in [0.15, 0.2) is 0 Å². The van der Waals surface area contributed by atoms with Gasteiger partial charge in [-0.25, -0.2) is 0 Å². The van der Waals surface area contributed by atoms with Crippen molar-refractivity contribution in [1.29, 1.82) is 0 Å². The van der Waals surface area contributed by atoms with E-state index in [0.717, 1.165) is 12.3 Å². The highest BCUT2D eigenvalue weighted by molar-refractivity contribution is 8.00. The maximum absolute atomic E-state index is 9.63. The number of hydrogen-bond donors (Lipinski definition) is 5. The third kappa shape index (κ3) is 2.82. The van der Waals surface area contributed by atoms with E-state index in [1.807, 2.05) is 0 Å². The highest BCUT2D eigenvalue weighted by Gasteiger charge is 2.34. The van der Waals surface area contributed by atoms with Gasteiger partial charge < -0.3 is 25.7 Å². The van der Waals surface area contributed by atoms with Crippen molar-refractivity contribution in [2.45, 2.75) is 36.7 Å². The summed E-state index contributed by atoms with van der Waals surface area (Å²) in [5, 5.41) is 40.2. The molecule has 84 valence electrons. The molecule has 0 aromatic carbocycles. The van der Waals surface area contributed by atoms with Gasteiger partial charge in [0, 0.05) is 12.3 Å². The Hall–Kier alpha value is 0.150. The molecule has 0 aromatic heterocycles. The fraction of sp³-hybridized carbons (Fsp3) is 1.00. The van der Waals surface area contributed by atoms with Crippen LogP contribution < -0.4 is 5.32 Å². The van der Waals surface area contributed by atoms with Gasteiger partial charge in [0.05, 0.1) is 11.5 Å². The summed E-state index contributed by atoms with van der Waals surface area (Å²) in [6.45, 7) is 2.15. The second-order valence-electron chi connectivity index (χ2n) is 3.46. The van der Waals surface area contributed by atoms with Crippen LogP contribution in [0.1, 0.15) is 6.92 Å². The van der Waals surface area contributed by atoms with Crippen molar-refractivity contribution in [1.82, 2.24) is 5.32 Å². The second kappa shape index (κ2) is 5.29. The Bertz CT molecular complexity index is 169. The summed E-state index contributed by atoms with van der Waals surface area (Å²) in [6, 6.07) is 0. The van der Waals surface area contributed by atoms with Gasteiger partial charge >= 0.3 is 0 Å². The first-order valence-electron chi connectivity index (χ1n) is 4.61. The molecule has 0 radical (unpaired) electrons. The van der Waals surface area contributed by atoms with Crippen molar-refractivity contribution >= 4 is 11.8 Å². The Morgan fingerprint density at radius 3 is 2.29 bits per heavy atom. The van der Waals surface area contributed by atoms with E-state index >= 15 is 0 Å². The molecular formula is C8H17NO4S. The largest absolute Gasteiger partial charge is 0.391 e. The van der Waals surface area contributed by atoms with E-state index in [9.17, 15) is 15.3 Å². The fourth-order valence-electron chi connectivity index (χ4n) is 1.33. The lowest BCUT2D eigenvalue weighted by atomic mass is 10.0. The van der Waals surface area contributed by atoms with Crippen LogP contribution in [-0.4, -0.2) is 62.5 Å². The van der Waals surface area contributed by atoms with E-state index in [0.29, 0.717) is 0 Å². The van der Waals surface area contributed by atoms with E-state index in [4.69, 9.17) is 5.11 Å². The van der Waals surface area contributed by atoms with Gasteiger partial charge in [-0.05, 0) is 6.92 Å². The molecule has 14 heavy (non-hydrogen) atoms. The van der Waals surface area contributed by atoms with Crippen molar-refractivity contribution < 1.29 is 20.4 Å². The van der Waals surface area contributed by atoms with Gasteiger partial charge in [0.2, 0.25) is 0 Å². The van der Waals surface area contributed by atoms with Gasteiger partial charge in [0.1, 0.15) is 18.3 Å². The molecular weight excluding hydrogens is 206 g/mol. The number of rotatable bonds is 4. The van der Waals surface area contributed by atoms with E-state index in [2.05, 4.69) is 5.32 Å². The summed E-state index contributed by atoms with van der Waals surface area (Å²) in [6.07, 6.45) is -4.75. The monoisotopic (exact) mass is 223 g/mol. The van der Waals surface area contributed by atoms with Gasteiger partial charge in [-0.2, -0.15) is 0 Å². The number of thioether (sulfide) groups is 1. The summed E-state index contributed by atoms with van der Waals surface area (Å²) in [5.41, 5.74) is 0. The van der Waals surface area contributed by atoms with E-state index in [-0.39, 0.29) is 5.37 Å². The average molecular weight is 223 g/mol. The number of hydrogen-bond acceptors (Lipinski definition) is 6. The number of aliphatic hydroxyl groups excluding tert-OH is 4. The van der Waals surface area contributed by atoms with Crippen LogP contribution in [0.2, 0.25) is 0 Å². The third-order valence-electron chi connectivity index (χ3n) is 2.25. The maximum Gasteiger partial charge on any atom is 0.111 e. The second-order valence-corrected chi connectivity index (χ2v) is 4.71. The normalized spacial score (nSPS) is 31.1. The van der Waals surface area contributed by atoms with Gasteiger partial charge in [-0.1, -0.05) is 0 Å². The number of aliphatic hydroxyl groups is 4. The number of nitrogens with one attached hydrogen (secondary N) is 1. The van der Waals surface area contributed by atoms with Crippen LogP contribution in [0.3, 0.4) is 0 Å². The summed E-state index contributed by atoms with van der Waals surface area (Å²) in [5.74, 6) is 0.874. The molecule has 0 spiro atoms. The lowest BCUT2D eigenvalue weighted by molar-refractivity contribution is -0.101. The molecule has 0 aromatic rings. The Kier molecular flexibility index (Phi) is 4.62. The summed E-state index contributed by atoms with van der Waals surface area (Å²) in [7, 11) is 0. The minimum absolute atomic E-state index is 0.265. The van der Waals surface area contributed by atoms with Crippen molar-refractivity contribution in [2.24, 2.45) is 0 Å². The lowest BCUT2D eigenvalue weighted by Crippen LogP contribution is -2.50. The molecule has 1 saturated heterocycles. The maximum atomic E-state index is 9.63. The molecule has 5 atom stereocenters. The van der Waals surface area contributed by atoms with Crippen LogP contribution in [0.25, 0.3) is 0 Å². The van der Waals surface area contributed by atoms with E-state index < -0.39 is 24.4 Å². The predicted molar refractivity (Wildman–Crippen MR) is 53.9 cm³/mol. The molecule has 1 aliphatic rings. The molecule has 0 bridgehead atoms. The topological polar surface area (TPSA) is 93.0 Å². The van der Waals surface area contributed by atoms with E-state index in [1.165, 1.54) is 18.7 Å². The van der Waals surface area contributed by atoms with Gasteiger partial charge in [0.15, 0.2) is 0 Å². The van der Waals surface area contributed by atoms with Crippen LogP contribution >= 0.6 is 11.8 Å². The highest BCUT2D eigenvalue weighted by Crippen LogP contribution is 2.20. The third-order valence-corrected chi connectivity index (χ3v) is 3.49. The molecule has 0 amide bonds. The van der Waals surface area contributed by atoms with Crippen molar-refractivity contribution in [2.75, 3.05) is 12.3 Å². The molecule has 5 N–H and O–H groups in total. The SMILES string of the molecule is C[C@H](O)[C@H](O)[C@H](O)[C@H](O)[C@H]1NCCS1. The first-order chi connectivity index (χ1) is 6.54. The van der Waals surface area contributed by atoms with Gasteiger partial charge in [-0.3, -0.25) is 0 Å². The summed E-state index contributed by atoms with van der Waals surface area (Å²) >= 11 is 1.49.